The average molecular weight is 267 g/mol. The summed E-state index contributed by atoms with van der Waals surface area (Å²) in [5.41, 5.74) is 6.18. The van der Waals surface area contributed by atoms with E-state index in [-0.39, 0.29) is 23.3 Å². The lowest BCUT2D eigenvalue weighted by molar-refractivity contribution is -0.132. The highest BCUT2D eigenvalue weighted by atomic mass is 32.1. The second-order valence-corrected chi connectivity index (χ2v) is 6.32. The first-order valence-electron chi connectivity index (χ1n) is 5.87. The molecule has 1 atom stereocenters. The Morgan fingerprint density at radius 2 is 1.94 bits per heavy atom. The van der Waals surface area contributed by atoms with Gasteiger partial charge >= 0.3 is 0 Å². The molecule has 2 N–H and O–H groups in total. The van der Waals surface area contributed by atoms with E-state index in [0.29, 0.717) is 23.7 Å². The summed E-state index contributed by atoms with van der Waals surface area (Å²) in [7, 11) is 0. The fraction of sp³-hybridized carbons (Fsp3) is 0.583. The van der Waals surface area contributed by atoms with Gasteiger partial charge in [-0.2, -0.15) is 0 Å². The van der Waals surface area contributed by atoms with Crippen LogP contribution in [0.25, 0.3) is 0 Å². The van der Waals surface area contributed by atoms with Gasteiger partial charge in [0.05, 0.1) is 5.69 Å². The SMILES string of the molecule is CC(N)c1csc(N2C(=O)CC(C)(C)CC2=O)n1. The van der Waals surface area contributed by atoms with E-state index in [4.69, 9.17) is 5.73 Å². The van der Waals surface area contributed by atoms with E-state index in [0.717, 1.165) is 0 Å². The first-order chi connectivity index (χ1) is 8.30. The minimum Gasteiger partial charge on any atom is -0.323 e. The molecule has 0 spiro atoms. The van der Waals surface area contributed by atoms with Crippen LogP contribution in [0.5, 0.6) is 0 Å². The maximum Gasteiger partial charge on any atom is 0.236 e. The molecule has 5 nitrogen and oxygen atoms in total. The van der Waals surface area contributed by atoms with Crippen molar-refractivity contribution in [3.8, 4) is 0 Å². The number of nitrogens with zero attached hydrogens (tertiary/aromatic N) is 2. The standard InChI is InChI=1S/C12H17N3O2S/c1-7(13)8-6-18-11(14-8)15-9(16)4-12(2,3)5-10(15)17/h6-7H,4-5,13H2,1-3H3. The molecule has 1 aliphatic rings. The van der Waals surface area contributed by atoms with Crippen LogP contribution in [-0.2, 0) is 9.59 Å². The van der Waals surface area contributed by atoms with Crippen LogP contribution < -0.4 is 10.6 Å². The van der Waals surface area contributed by atoms with Crippen LogP contribution in [0.1, 0.15) is 45.3 Å². The van der Waals surface area contributed by atoms with Gasteiger partial charge in [0, 0.05) is 24.3 Å². The molecule has 0 bridgehead atoms. The third-order valence-electron chi connectivity index (χ3n) is 2.93. The van der Waals surface area contributed by atoms with Crippen molar-refractivity contribution in [3.63, 3.8) is 0 Å². The van der Waals surface area contributed by atoms with Crippen molar-refractivity contribution in [3.05, 3.63) is 11.1 Å². The zero-order chi connectivity index (χ0) is 13.5. The smallest absolute Gasteiger partial charge is 0.236 e. The highest BCUT2D eigenvalue weighted by Gasteiger charge is 2.39. The molecule has 0 radical (unpaired) electrons. The lowest BCUT2D eigenvalue weighted by Gasteiger charge is -2.33. The van der Waals surface area contributed by atoms with Crippen LogP contribution in [0, 0.1) is 5.41 Å². The average Bonchev–Trinajstić information content (AvgIpc) is 2.63. The van der Waals surface area contributed by atoms with Gasteiger partial charge in [-0.05, 0) is 12.3 Å². The molecule has 1 aromatic rings. The highest BCUT2D eigenvalue weighted by molar-refractivity contribution is 7.14. The molecule has 2 rings (SSSR count). The number of carbonyl (C=O) groups is 2. The van der Waals surface area contributed by atoms with Gasteiger partial charge in [-0.1, -0.05) is 13.8 Å². The van der Waals surface area contributed by atoms with E-state index in [9.17, 15) is 9.59 Å². The number of hydrogen-bond acceptors (Lipinski definition) is 5. The molecule has 1 unspecified atom stereocenters. The normalized spacial score (nSPS) is 21.2. The number of hydrogen-bond donors (Lipinski definition) is 1. The molecule has 6 heteroatoms. The van der Waals surface area contributed by atoms with Crippen molar-refractivity contribution in [2.45, 2.75) is 39.7 Å². The number of aromatic nitrogens is 1. The van der Waals surface area contributed by atoms with Gasteiger partial charge in [0.1, 0.15) is 0 Å². The molecule has 1 aliphatic heterocycles. The summed E-state index contributed by atoms with van der Waals surface area (Å²) in [5, 5.41) is 2.23. The number of rotatable bonds is 2. The fourth-order valence-corrected chi connectivity index (χ4v) is 2.94. The zero-order valence-corrected chi connectivity index (χ0v) is 11.6. The molecule has 2 heterocycles. The van der Waals surface area contributed by atoms with Gasteiger partial charge in [0.25, 0.3) is 0 Å². The van der Waals surface area contributed by atoms with Crippen molar-refractivity contribution < 1.29 is 9.59 Å². The van der Waals surface area contributed by atoms with E-state index in [1.165, 1.54) is 16.2 Å². The Morgan fingerprint density at radius 3 is 2.39 bits per heavy atom. The lowest BCUT2D eigenvalue weighted by Crippen LogP contribution is -2.46. The predicted octanol–water partition coefficient (Wildman–Crippen LogP) is 1.84. The van der Waals surface area contributed by atoms with Crippen molar-refractivity contribution >= 4 is 28.3 Å². The summed E-state index contributed by atoms with van der Waals surface area (Å²) >= 11 is 1.29. The van der Waals surface area contributed by atoms with Crippen molar-refractivity contribution in [1.29, 1.82) is 0 Å². The molecule has 1 saturated heterocycles. The van der Waals surface area contributed by atoms with Gasteiger partial charge in [0.2, 0.25) is 11.8 Å². The van der Waals surface area contributed by atoms with Crippen molar-refractivity contribution in [2.75, 3.05) is 4.90 Å². The quantitative estimate of drug-likeness (QED) is 0.829. The Labute approximate surface area is 110 Å². The van der Waals surface area contributed by atoms with E-state index in [1.807, 2.05) is 20.8 Å². The monoisotopic (exact) mass is 267 g/mol. The van der Waals surface area contributed by atoms with Crippen molar-refractivity contribution in [1.82, 2.24) is 4.98 Å². The van der Waals surface area contributed by atoms with E-state index >= 15 is 0 Å². The summed E-state index contributed by atoms with van der Waals surface area (Å²) in [5.74, 6) is -0.358. The maximum absolute atomic E-state index is 12.0. The minimum atomic E-state index is -0.258. The molecule has 0 saturated carbocycles. The van der Waals surface area contributed by atoms with Crippen LogP contribution in [0.3, 0.4) is 0 Å². The van der Waals surface area contributed by atoms with Gasteiger partial charge in [-0.3, -0.25) is 9.59 Å². The Balaban J connectivity index is 2.27. The number of piperidine rings is 1. The second-order valence-electron chi connectivity index (χ2n) is 5.48. The second kappa shape index (κ2) is 4.44. The van der Waals surface area contributed by atoms with Crippen LogP contribution in [0.4, 0.5) is 5.13 Å². The molecule has 0 aromatic carbocycles. The molecule has 2 amide bonds. The third kappa shape index (κ3) is 2.44. The lowest BCUT2D eigenvalue weighted by atomic mass is 9.82. The summed E-state index contributed by atoms with van der Waals surface area (Å²) in [6.07, 6.45) is 0.734. The molecule has 1 aromatic heterocycles. The molecular weight excluding hydrogens is 250 g/mol. The molecular formula is C12H17N3O2S. The van der Waals surface area contributed by atoms with Gasteiger partial charge in [-0.25, -0.2) is 9.88 Å². The number of amides is 2. The van der Waals surface area contributed by atoms with Crippen LogP contribution in [0.2, 0.25) is 0 Å². The number of nitrogens with two attached hydrogens (primary N) is 1. The summed E-state index contributed by atoms with van der Waals surface area (Å²) in [4.78, 5) is 29.5. The molecule has 1 fully saturated rings. The first kappa shape index (κ1) is 13.2. The predicted molar refractivity (Wildman–Crippen MR) is 70.2 cm³/mol. The van der Waals surface area contributed by atoms with Crippen LogP contribution >= 0.6 is 11.3 Å². The Kier molecular flexibility index (Phi) is 3.25. The third-order valence-corrected chi connectivity index (χ3v) is 3.77. The molecule has 0 aliphatic carbocycles. The van der Waals surface area contributed by atoms with E-state index < -0.39 is 0 Å². The Bertz CT molecular complexity index is 473. The maximum atomic E-state index is 12.0. The summed E-state index contributed by atoms with van der Waals surface area (Å²) in [6, 6.07) is -0.193. The van der Waals surface area contributed by atoms with Gasteiger partial charge in [-0.15, -0.1) is 11.3 Å². The molecule has 98 valence electrons. The highest BCUT2D eigenvalue weighted by Crippen LogP contribution is 2.35. The number of thiazole rings is 1. The fourth-order valence-electron chi connectivity index (χ4n) is 1.98. The van der Waals surface area contributed by atoms with Crippen molar-refractivity contribution in [2.24, 2.45) is 11.1 Å². The summed E-state index contributed by atoms with van der Waals surface area (Å²) < 4.78 is 0. The molecule has 18 heavy (non-hydrogen) atoms. The van der Waals surface area contributed by atoms with E-state index in [1.54, 1.807) is 5.38 Å². The number of carbonyl (C=O) groups excluding carboxylic acids is 2. The number of imide groups is 1. The topological polar surface area (TPSA) is 76.3 Å². The largest absolute Gasteiger partial charge is 0.323 e. The van der Waals surface area contributed by atoms with Crippen LogP contribution in [-0.4, -0.2) is 16.8 Å². The van der Waals surface area contributed by atoms with Crippen LogP contribution in [0.15, 0.2) is 5.38 Å². The van der Waals surface area contributed by atoms with Gasteiger partial charge in [0.15, 0.2) is 5.13 Å². The zero-order valence-electron chi connectivity index (χ0n) is 10.8. The van der Waals surface area contributed by atoms with E-state index in [2.05, 4.69) is 4.98 Å². The Morgan fingerprint density at radius 1 is 1.39 bits per heavy atom. The summed E-state index contributed by atoms with van der Waals surface area (Å²) in [6.45, 7) is 5.67. The number of anilines is 1. The van der Waals surface area contributed by atoms with Gasteiger partial charge < -0.3 is 5.73 Å². The first-order valence-corrected chi connectivity index (χ1v) is 6.75. The Hall–Kier alpha value is -1.27. The minimum absolute atomic E-state index is 0.179.